The van der Waals surface area contributed by atoms with Gasteiger partial charge in [0.05, 0.1) is 5.92 Å². The standard InChI is InChI=1S/C10H16O2/c1-2-6-3-8-4-7(6)5-9(8)10(11)12/h6-9H,2-5H2,1H3,(H,11,12). The summed E-state index contributed by atoms with van der Waals surface area (Å²) in [6, 6.07) is 0. The molecule has 0 heterocycles. The van der Waals surface area contributed by atoms with Crippen molar-refractivity contribution >= 4 is 5.97 Å². The molecule has 0 aromatic heterocycles. The molecule has 0 amide bonds. The molecule has 2 fully saturated rings. The molecule has 4 unspecified atom stereocenters. The van der Waals surface area contributed by atoms with Crippen molar-refractivity contribution in [3.05, 3.63) is 0 Å². The van der Waals surface area contributed by atoms with Gasteiger partial charge in [0.1, 0.15) is 0 Å². The lowest BCUT2D eigenvalue weighted by molar-refractivity contribution is -0.143. The Morgan fingerprint density at radius 1 is 1.33 bits per heavy atom. The monoisotopic (exact) mass is 168 g/mol. The molecule has 0 aliphatic heterocycles. The van der Waals surface area contributed by atoms with Crippen molar-refractivity contribution in [1.82, 2.24) is 0 Å². The summed E-state index contributed by atoms with van der Waals surface area (Å²) in [7, 11) is 0. The molecule has 68 valence electrons. The average Bonchev–Trinajstić information content (AvgIpc) is 2.60. The number of aliphatic carboxylic acids is 1. The van der Waals surface area contributed by atoms with Crippen LogP contribution in [0, 0.1) is 23.7 Å². The minimum Gasteiger partial charge on any atom is -0.481 e. The molecule has 0 saturated heterocycles. The highest BCUT2D eigenvalue weighted by Gasteiger charge is 2.47. The number of rotatable bonds is 2. The van der Waals surface area contributed by atoms with Gasteiger partial charge in [-0.25, -0.2) is 0 Å². The Labute approximate surface area is 73.0 Å². The van der Waals surface area contributed by atoms with Crippen molar-refractivity contribution in [3.63, 3.8) is 0 Å². The Kier molecular flexibility index (Phi) is 1.85. The lowest BCUT2D eigenvalue weighted by Gasteiger charge is -2.24. The van der Waals surface area contributed by atoms with E-state index in [1.54, 1.807) is 0 Å². The molecular weight excluding hydrogens is 152 g/mol. The van der Waals surface area contributed by atoms with Crippen LogP contribution < -0.4 is 0 Å². The molecule has 2 heteroatoms. The Balaban J connectivity index is 2.03. The van der Waals surface area contributed by atoms with Gasteiger partial charge in [0.2, 0.25) is 0 Å². The van der Waals surface area contributed by atoms with Crippen LogP contribution in [0.25, 0.3) is 0 Å². The van der Waals surface area contributed by atoms with Crippen LogP contribution in [0.5, 0.6) is 0 Å². The van der Waals surface area contributed by atoms with Crippen LogP contribution in [-0.2, 0) is 4.79 Å². The molecule has 0 aromatic rings. The fourth-order valence-electron chi connectivity index (χ4n) is 3.20. The quantitative estimate of drug-likeness (QED) is 0.686. The zero-order valence-electron chi connectivity index (χ0n) is 7.49. The second-order valence-electron chi connectivity index (χ2n) is 4.34. The second-order valence-corrected chi connectivity index (χ2v) is 4.34. The van der Waals surface area contributed by atoms with Gasteiger partial charge in [0.25, 0.3) is 0 Å². The van der Waals surface area contributed by atoms with Crippen molar-refractivity contribution in [2.45, 2.75) is 32.6 Å². The average molecular weight is 168 g/mol. The highest BCUT2D eigenvalue weighted by Crippen LogP contribution is 2.52. The maximum atomic E-state index is 10.8. The van der Waals surface area contributed by atoms with E-state index in [1.807, 2.05) is 0 Å². The summed E-state index contributed by atoms with van der Waals surface area (Å²) in [4.78, 5) is 10.8. The fraction of sp³-hybridized carbons (Fsp3) is 0.900. The van der Waals surface area contributed by atoms with Crippen LogP contribution in [0.1, 0.15) is 32.6 Å². The Morgan fingerprint density at radius 3 is 2.50 bits per heavy atom. The zero-order chi connectivity index (χ0) is 8.72. The first-order valence-corrected chi connectivity index (χ1v) is 4.95. The molecule has 12 heavy (non-hydrogen) atoms. The first-order chi connectivity index (χ1) is 5.72. The van der Waals surface area contributed by atoms with E-state index < -0.39 is 5.97 Å². The van der Waals surface area contributed by atoms with E-state index >= 15 is 0 Å². The second kappa shape index (κ2) is 2.75. The zero-order valence-corrected chi connectivity index (χ0v) is 7.49. The third-order valence-electron chi connectivity index (χ3n) is 3.84. The first kappa shape index (κ1) is 8.09. The number of hydrogen-bond acceptors (Lipinski definition) is 1. The summed E-state index contributed by atoms with van der Waals surface area (Å²) >= 11 is 0. The van der Waals surface area contributed by atoms with Crippen LogP contribution in [0.3, 0.4) is 0 Å². The molecule has 2 bridgehead atoms. The Bertz CT molecular complexity index is 200. The van der Waals surface area contributed by atoms with Crippen molar-refractivity contribution in [1.29, 1.82) is 0 Å². The number of carbonyl (C=O) groups is 1. The summed E-state index contributed by atoms with van der Waals surface area (Å²) in [5.41, 5.74) is 0. The van der Waals surface area contributed by atoms with E-state index in [0.29, 0.717) is 5.92 Å². The Morgan fingerprint density at radius 2 is 2.08 bits per heavy atom. The molecule has 2 aliphatic rings. The summed E-state index contributed by atoms with van der Waals surface area (Å²) in [6.45, 7) is 2.22. The van der Waals surface area contributed by atoms with Crippen LogP contribution in [0.2, 0.25) is 0 Å². The van der Waals surface area contributed by atoms with Crippen LogP contribution in [0.4, 0.5) is 0 Å². The lowest BCUT2D eigenvalue weighted by Crippen LogP contribution is -2.23. The molecule has 1 N–H and O–H groups in total. The van der Waals surface area contributed by atoms with Gasteiger partial charge >= 0.3 is 5.97 Å². The molecular formula is C10H16O2. The number of carboxylic acid groups (broad SMARTS) is 1. The number of hydrogen-bond donors (Lipinski definition) is 1. The normalized spacial score (nSPS) is 45.1. The molecule has 2 rings (SSSR count). The van der Waals surface area contributed by atoms with E-state index in [1.165, 1.54) is 19.3 Å². The van der Waals surface area contributed by atoms with E-state index in [9.17, 15) is 4.79 Å². The summed E-state index contributed by atoms with van der Waals surface area (Å²) in [5.74, 6) is 1.53. The maximum absolute atomic E-state index is 10.8. The topological polar surface area (TPSA) is 37.3 Å². The highest BCUT2D eigenvalue weighted by atomic mass is 16.4. The van der Waals surface area contributed by atoms with Gasteiger partial charge in [-0.05, 0) is 37.0 Å². The summed E-state index contributed by atoms with van der Waals surface area (Å²) in [6.07, 6.45) is 4.57. The van der Waals surface area contributed by atoms with Gasteiger partial charge in [0, 0.05) is 0 Å². The van der Waals surface area contributed by atoms with Crippen molar-refractivity contribution in [2.75, 3.05) is 0 Å². The van der Waals surface area contributed by atoms with Gasteiger partial charge in [-0.15, -0.1) is 0 Å². The summed E-state index contributed by atoms with van der Waals surface area (Å²) < 4.78 is 0. The van der Waals surface area contributed by atoms with Crippen LogP contribution in [-0.4, -0.2) is 11.1 Å². The molecule has 2 aliphatic carbocycles. The van der Waals surface area contributed by atoms with E-state index in [2.05, 4.69) is 6.92 Å². The van der Waals surface area contributed by atoms with Gasteiger partial charge in [-0.2, -0.15) is 0 Å². The first-order valence-electron chi connectivity index (χ1n) is 4.95. The smallest absolute Gasteiger partial charge is 0.306 e. The van der Waals surface area contributed by atoms with Crippen molar-refractivity contribution in [3.8, 4) is 0 Å². The molecule has 4 atom stereocenters. The van der Waals surface area contributed by atoms with Gasteiger partial charge in [-0.1, -0.05) is 13.3 Å². The van der Waals surface area contributed by atoms with E-state index in [0.717, 1.165) is 18.3 Å². The third-order valence-corrected chi connectivity index (χ3v) is 3.84. The predicted octanol–water partition coefficient (Wildman–Crippen LogP) is 2.14. The minimum atomic E-state index is -0.558. The van der Waals surface area contributed by atoms with E-state index in [-0.39, 0.29) is 5.92 Å². The van der Waals surface area contributed by atoms with E-state index in [4.69, 9.17) is 5.11 Å². The molecule has 2 saturated carbocycles. The van der Waals surface area contributed by atoms with Crippen molar-refractivity contribution < 1.29 is 9.90 Å². The highest BCUT2D eigenvalue weighted by molar-refractivity contribution is 5.71. The molecule has 0 spiro atoms. The Hall–Kier alpha value is -0.530. The molecule has 0 aromatic carbocycles. The number of carboxylic acids is 1. The minimum absolute atomic E-state index is 0.00204. The number of fused-ring (bicyclic) bond motifs is 2. The van der Waals surface area contributed by atoms with Crippen LogP contribution >= 0.6 is 0 Å². The van der Waals surface area contributed by atoms with Gasteiger partial charge in [-0.3, -0.25) is 4.79 Å². The molecule has 2 nitrogen and oxygen atoms in total. The summed E-state index contributed by atoms with van der Waals surface area (Å²) in [5, 5.41) is 8.89. The largest absolute Gasteiger partial charge is 0.481 e. The van der Waals surface area contributed by atoms with Gasteiger partial charge < -0.3 is 5.11 Å². The van der Waals surface area contributed by atoms with Crippen molar-refractivity contribution in [2.24, 2.45) is 23.7 Å². The maximum Gasteiger partial charge on any atom is 0.306 e. The molecule has 0 radical (unpaired) electrons. The lowest BCUT2D eigenvalue weighted by atomic mass is 9.81. The third kappa shape index (κ3) is 1.05. The van der Waals surface area contributed by atoms with Gasteiger partial charge in [0.15, 0.2) is 0 Å². The van der Waals surface area contributed by atoms with Crippen LogP contribution in [0.15, 0.2) is 0 Å². The SMILES string of the molecule is CCC1CC2CC1CC2C(=O)O. The predicted molar refractivity (Wildman–Crippen MR) is 45.7 cm³/mol. The fourth-order valence-corrected chi connectivity index (χ4v) is 3.20.